The van der Waals surface area contributed by atoms with Crippen LogP contribution in [0.3, 0.4) is 0 Å². The molecule has 9 heteroatoms. The number of nitrogen functional groups attached to an aromatic ring is 1. The Bertz CT molecular complexity index is 1060. The van der Waals surface area contributed by atoms with Gasteiger partial charge < -0.3 is 17.6 Å². The molecule has 0 radical (unpaired) electrons. The number of amides is 1. The maximum absolute atomic E-state index is 12.2. The van der Waals surface area contributed by atoms with Crippen molar-refractivity contribution in [3.05, 3.63) is 116 Å². The van der Waals surface area contributed by atoms with Gasteiger partial charge in [-0.3, -0.25) is 16.2 Å². The smallest absolute Gasteiger partial charge is 0.398 e. The third-order valence-corrected chi connectivity index (χ3v) is 5.03. The van der Waals surface area contributed by atoms with Gasteiger partial charge in [-0.25, -0.2) is 13.1 Å². The second-order valence-electron chi connectivity index (χ2n) is 7.13. The Labute approximate surface area is 245 Å². The number of carbonyl (C=O) groups excluding carboxylic acids is 1. The minimum absolute atomic E-state index is 0. The molecule has 0 unspecified atom stereocenters. The first-order chi connectivity index (χ1) is 15.8. The summed E-state index contributed by atoms with van der Waals surface area (Å²) >= 11 is 0. The van der Waals surface area contributed by atoms with E-state index in [0.717, 1.165) is 6.26 Å². The van der Waals surface area contributed by atoms with E-state index in [1.54, 1.807) is 6.42 Å². The van der Waals surface area contributed by atoms with Gasteiger partial charge in [0.05, 0.1) is 17.5 Å². The molecule has 0 fully saturated rings. The Kier molecular flexibility index (Phi) is 14.3. The van der Waals surface area contributed by atoms with Crippen molar-refractivity contribution in [1.29, 1.82) is 0 Å². The molecule has 1 heterocycles. The van der Waals surface area contributed by atoms with E-state index in [9.17, 15) is 13.2 Å². The topological polar surface area (TPSA) is 105 Å². The van der Waals surface area contributed by atoms with Crippen LogP contribution in [-0.4, -0.2) is 50.1 Å². The first kappa shape index (κ1) is 30.3. The average molecular weight is 505 g/mol. The van der Waals surface area contributed by atoms with Crippen LogP contribution in [0.4, 0.5) is 5.69 Å². The number of anilines is 1. The maximum atomic E-state index is 12.2. The van der Waals surface area contributed by atoms with Crippen LogP contribution in [0.2, 0.25) is 0 Å². The zero-order chi connectivity index (χ0) is 24.1. The molecule has 0 spiro atoms. The summed E-state index contributed by atoms with van der Waals surface area (Å²) in [6.07, 6.45) is 7.76. The number of sulfonamides is 1. The number of nitrogens with zero attached hydrogens (tertiary/aromatic N) is 2. The molecule has 7 nitrogen and oxygen atoms in total. The van der Waals surface area contributed by atoms with Crippen molar-refractivity contribution in [2.24, 2.45) is 0 Å². The quantitative estimate of drug-likeness (QED) is 0.242. The Morgan fingerprint density at radius 3 is 2.09 bits per heavy atom. The number of carbonyl (C=O) groups is 1. The molecule has 3 rings (SSSR count). The zero-order valence-corrected chi connectivity index (χ0v) is 23.5. The van der Waals surface area contributed by atoms with Crippen LogP contribution < -0.4 is 61.8 Å². The number of aromatic nitrogens is 1. The van der Waals surface area contributed by atoms with E-state index in [1.807, 2.05) is 12.1 Å². The second kappa shape index (κ2) is 16.0. The summed E-state index contributed by atoms with van der Waals surface area (Å²) in [6, 6.07) is 22.2. The molecule has 0 bridgehead atoms. The Balaban J connectivity index is 0.000000356. The largest absolute Gasteiger partial charge is 1.00 e. The standard InChI is InChI=1S/C13H11.C12H18N4O3S.K/c1-3-7-12(8-4-1)11-13-9-5-2-6-10-13;1-3-16(6-4-5-15-20(2,18)19)12(17)10-7-11(13)9-14-8-10;/h1-11H;4,7-9,15H,1,3,5-6,13H2,2H3;/q-1;-2;+1. The van der Waals surface area contributed by atoms with Gasteiger partial charge in [0.2, 0.25) is 10.0 Å². The van der Waals surface area contributed by atoms with Gasteiger partial charge in [0, 0.05) is 12.4 Å². The van der Waals surface area contributed by atoms with E-state index in [4.69, 9.17) is 5.73 Å². The predicted molar refractivity (Wildman–Crippen MR) is 132 cm³/mol. The first-order valence-electron chi connectivity index (χ1n) is 10.3. The van der Waals surface area contributed by atoms with E-state index < -0.39 is 10.0 Å². The maximum Gasteiger partial charge on any atom is 1.00 e. The van der Waals surface area contributed by atoms with Crippen molar-refractivity contribution < 1.29 is 64.6 Å². The van der Waals surface area contributed by atoms with Crippen LogP contribution in [0, 0.1) is 19.8 Å². The fourth-order valence-electron chi connectivity index (χ4n) is 2.75. The summed E-state index contributed by atoms with van der Waals surface area (Å²) in [7, 11) is -3.23. The molecule has 0 saturated heterocycles. The minimum Gasteiger partial charge on any atom is -0.398 e. The molecule has 1 aromatic heterocycles. The van der Waals surface area contributed by atoms with Gasteiger partial charge in [-0.15, -0.1) is 61.4 Å². The van der Waals surface area contributed by atoms with Crippen LogP contribution in [0.25, 0.3) is 0 Å². The minimum atomic E-state index is -3.23. The van der Waals surface area contributed by atoms with E-state index in [-0.39, 0.29) is 76.9 Å². The second-order valence-corrected chi connectivity index (χ2v) is 8.97. The van der Waals surface area contributed by atoms with Gasteiger partial charge in [0.1, 0.15) is 0 Å². The first-order valence-corrected chi connectivity index (χ1v) is 12.2. The van der Waals surface area contributed by atoms with Crippen LogP contribution in [0.5, 0.6) is 0 Å². The Morgan fingerprint density at radius 1 is 1.06 bits per heavy atom. The number of pyridine rings is 1. The van der Waals surface area contributed by atoms with Gasteiger partial charge in [0.15, 0.2) is 0 Å². The van der Waals surface area contributed by atoms with Crippen molar-refractivity contribution in [3.63, 3.8) is 0 Å². The molecule has 3 aromatic rings. The third kappa shape index (κ3) is 12.1. The molecular formula is C25H29KN4O3S-2. The van der Waals surface area contributed by atoms with Crippen molar-refractivity contribution in [1.82, 2.24) is 14.6 Å². The summed E-state index contributed by atoms with van der Waals surface area (Å²) in [5, 5.41) is 0. The van der Waals surface area contributed by atoms with Gasteiger partial charge in [0.25, 0.3) is 5.91 Å². The molecule has 0 saturated carbocycles. The Hall–Kier alpha value is -1.72. The van der Waals surface area contributed by atoms with Crippen LogP contribution in [-0.2, 0) is 10.0 Å². The predicted octanol–water partition coefficient (Wildman–Crippen LogP) is -0.0151. The van der Waals surface area contributed by atoms with Crippen molar-refractivity contribution in [2.45, 2.75) is 0 Å². The van der Waals surface area contributed by atoms with Crippen LogP contribution >= 0.6 is 0 Å². The third-order valence-electron chi connectivity index (χ3n) is 4.34. The normalized spacial score (nSPS) is 10.3. The number of benzene rings is 2. The van der Waals surface area contributed by atoms with Gasteiger partial charge >= 0.3 is 51.4 Å². The van der Waals surface area contributed by atoms with Gasteiger partial charge in [-0.1, -0.05) is 36.4 Å². The number of nitrogens with one attached hydrogen (secondary N) is 1. The monoisotopic (exact) mass is 504 g/mol. The molecule has 34 heavy (non-hydrogen) atoms. The number of hydrogen-bond acceptors (Lipinski definition) is 5. The van der Waals surface area contributed by atoms with E-state index in [1.165, 1.54) is 34.5 Å². The number of rotatable bonds is 9. The SMILES string of the molecule is [CH2-]CN(C[CH-]CNS(C)(=O)=O)C(=O)c1cncc(N)c1.[K+].c1ccc([CH-]c2ccccc2)cc1. The molecule has 0 aliphatic rings. The summed E-state index contributed by atoms with van der Waals surface area (Å²) in [6.45, 7) is 4.36. The molecule has 0 atom stereocenters. The van der Waals surface area contributed by atoms with E-state index in [0.29, 0.717) is 11.3 Å². The van der Waals surface area contributed by atoms with Gasteiger partial charge in [-0.2, -0.15) is 0 Å². The summed E-state index contributed by atoms with van der Waals surface area (Å²) in [5.74, 6) is -0.254. The summed E-state index contributed by atoms with van der Waals surface area (Å²) < 4.78 is 24.1. The molecule has 2 aromatic carbocycles. The molecule has 0 aliphatic carbocycles. The van der Waals surface area contributed by atoms with Crippen LogP contribution in [0.1, 0.15) is 21.5 Å². The van der Waals surface area contributed by atoms with Crippen molar-refractivity contribution >= 4 is 21.6 Å². The zero-order valence-electron chi connectivity index (χ0n) is 19.6. The number of nitrogens with two attached hydrogens (primary N) is 1. The molecule has 0 aliphatic heterocycles. The fourth-order valence-corrected chi connectivity index (χ4v) is 3.18. The molecule has 3 N–H and O–H groups in total. The van der Waals surface area contributed by atoms with Gasteiger partial charge in [-0.05, 0) is 6.07 Å². The average Bonchev–Trinajstić information content (AvgIpc) is 2.80. The fraction of sp³-hybridized carbons (Fsp3) is 0.160. The van der Waals surface area contributed by atoms with Crippen LogP contribution in [0.15, 0.2) is 79.1 Å². The Morgan fingerprint density at radius 2 is 1.62 bits per heavy atom. The molecule has 1 amide bonds. The van der Waals surface area contributed by atoms with Crippen molar-refractivity contribution in [3.8, 4) is 0 Å². The molecular weight excluding hydrogens is 475 g/mol. The summed E-state index contributed by atoms with van der Waals surface area (Å²) in [5.41, 5.74) is 8.84. The van der Waals surface area contributed by atoms with E-state index in [2.05, 4.69) is 71.6 Å². The van der Waals surface area contributed by atoms with E-state index >= 15 is 0 Å². The van der Waals surface area contributed by atoms with Crippen molar-refractivity contribution in [2.75, 3.05) is 31.6 Å². The summed E-state index contributed by atoms with van der Waals surface area (Å²) in [4.78, 5) is 17.5. The number of hydrogen-bond donors (Lipinski definition) is 2. The molecule has 176 valence electrons.